The van der Waals surface area contributed by atoms with Gasteiger partial charge in [0.15, 0.2) is 0 Å². The lowest BCUT2D eigenvalue weighted by atomic mass is 9.94. The predicted octanol–water partition coefficient (Wildman–Crippen LogP) is 2.60. The highest BCUT2D eigenvalue weighted by atomic mass is 127. The van der Waals surface area contributed by atoms with Crippen LogP contribution in [0.1, 0.15) is 38.5 Å². The van der Waals surface area contributed by atoms with Crippen LogP contribution in [0.4, 0.5) is 0 Å². The summed E-state index contributed by atoms with van der Waals surface area (Å²) in [5.41, 5.74) is 0. The van der Waals surface area contributed by atoms with Gasteiger partial charge in [0.2, 0.25) is 5.91 Å². The quantitative estimate of drug-likeness (QED) is 0.579. The third kappa shape index (κ3) is 3.44. The summed E-state index contributed by atoms with van der Waals surface area (Å²) in [6.07, 6.45) is 7.07. The van der Waals surface area contributed by atoms with Crippen LogP contribution in [0.3, 0.4) is 0 Å². The van der Waals surface area contributed by atoms with Crippen LogP contribution in [0.25, 0.3) is 0 Å². The molecule has 1 saturated carbocycles. The highest BCUT2D eigenvalue weighted by Crippen LogP contribution is 2.21. The number of carbonyl (C=O) groups is 1. The van der Waals surface area contributed by atoms with E-state index in [0.29, 0.717) is 18.4 Å². The molecule has 1 aliphatic rings. The Balaban J connectivity index is 2.35. The molecule has 0 aliphatic heterocycles. The maximum atomic E-state index is 11.6. The summed E-state index contributed by atoms with van der Waals surface area (Å²) in [5, 5.41) is 0. The Labute approximate surface area is 94.2 Å². The molecule has 76 valence electrons. The van der Waals surface area contributed by atoms with Gasteiger partial charge < -0.3 is 4.90 Å². The number of halogens is 1. The van der Waals surface area contributed by atoms with Gasteiger partial charge in [-0.3, -0.25) is 4.79 Å². The molecule has 0 atom stereocenters. The van der Waals surface area contributed by atoms with Gasteiger partial charge in [-0.25, -0.2) is 0 Å². The lowest BCUT2D eigenvalue weighted by Gasteiger charge is -2.31. The fourth-order valence-electron chi connectivity index (χ4n) is 1.93. The van der Waals surface area contributed by atoms with Crippen molar-refractivity contribution in [2.75, 3.05) is 11.5 Å². The Hall–Kier alpha value is 0.200. The molecule has 3 heteroatoms. The minimum atomic E-state index is 0.321. The van der Waals surface area contributed by atoms with Crippen LogP contribution in [-0.4, -0.2) is 28.3 Å². The van der Waals surface area contributed by atoms with Gasteiger partial charge in [0.25, 0.3) is 0 Å². The SMILES string of the molecule is CN(C(=O)CCI)C1CCCCC1. The van der Waals surface area contributed by atoms with Crippen molar-refractivity contribution in [1.29, 1.82) is 0 Å². The summed E-state index contributed by atoms with van der Waals surface area (Å²) >= 11 is 2.26. The van der Waals surface area contributed by atoms with Gasteiger partial charge >= 0.3 is 0 Å². The van der Waals surface area contributed by atoms with E-state index in [1.165, 1.54) is 32.1 Å². The minimum Gasteiger partial charge on any atom is -0.343 e. The van der Waals surface area contributed by atoms with E-state index >= 15 is 0 Å². The zero-order valence-electron chi connectivity index (χ0n) is 8.26. The fourth-order valence-corrected chi connectivity index (χ4v) is 2.39. The van der Waals surface area contributed by atoms with E-state index in [1.54, 1.807) is 0 Å². The van der Waals surface area contributed by atoms with E-state index in [0.717, 1.165) is 4.43 Å². The first kappa shape index (κ1) is 11.3. The lowest BCUT2D eigenvalue weighted by molar-refractivity contribution is -0.132. The third-order valence-electron chi connectivity index (χ3n) is 2.82. The Bertz CT molecular complexity index is 166. The molecule has 0 aromatic heterocycles. The zero-order valence-corrected chi connectivity index (χ0v) is 10.4. The molecule has 1 fully saturated rings. The summed E-state index contributed by atoms with van der Waals surface area (Å²) in [6, 6.07) is 0.532. The topological polar surface area (TPSA) is 20.3 Å². The molecule has 0 bridgehead atoms. The number of hydrogen-bond acceptors (Lipinski definition) is 1. The van der Waals surface area contributed by atoms with E-state index in [4.69, 9.17) is 0 Å². The van der Waals surface area contributed by atoms with Gasteiger partial charge in [0.05, 0.1) is 0 Å². The molecule has 0 N–H and O–H groups in total. The second-order valence-electron chi connectivity index (χ2n) is 3.74. The lowest BCUT2D eigenvalue weighted by Crippen LogP contribution is -2.38. The number of alkyl halides is 1. The maximum absolute atomic E-state index is 11.6. The smallest absolute Gasteiger partial charge is 0.223 e. The Kier molecular flexibility index (Phi) is 5.06. The molecule has 0 unspecified atom stereocenters. The monoisotopic (exact) mass is 295 g/mol. The molecule has 0 saturated heterocycles. The van der Waals surface area contributed by atoms with Gasteiger partial charge in [0.1, 0.15) is 0 Å². The van der Waals surface area contributed by atoms with Gasteiger partial charge in [-0.05, 0) is 12.8 Å². The number of hydrogen-bond donors (Lipinski definition) is 0. The second-order valence-corrected chi connectivity index (χ2v) is 4.81. The first-order valence-electron chi connectivity index (χ1n) is 5.07. The highest BCUT2D eigenvalue weighted by Gasteiger charge is 2.20. The summed E-state index contributed by atoms with van der Waals surface area (Å²) < 4.78 is 0.938. The van der Waals surface area contributed by atoms with Gasteiger partial charge in [0, 0.05) is 23.9 Å². The van der Waals surface area contributed by atoms with Crippen molar-refractivity contribution in [3.63, 3.8) is 0 Å². The number of amides is 1. The molecule has 2 nitrogen and oxygen atoms in total. The largest absolute Gasteiger partial charge is 0.343 e. The van der Waals surface area contributed by atoms with Crippen molar-refractivity contribution >= 4 is 28.5 Å². The Morgan fingerprint density at radius 2 is 2.00 bits per heavy atom. The Morgan fingerprint density at radius 3 is 2.54 bits per heavy atom. The van der Waals surface area contributed by atoms with Crippen LogP contribution in [0.15, 0.2) is 0 Å². The van der Waals surface area contributed by atoms with Crippen LogP contribution in [-0.2, 0) is 4.79 Å². The summed E-state index contributed by atoms with van der Waals surface area (Å²) in [7, 11) is 1.96. The summed E-state index contributed by atoms with van der Waals surface area (Å²) in [4.78, 5) is 13.5. The minimum absolute atomic E-state index is 0.321. The number of carbonyl (C=O) groups excluding carboxylic acids is 1. The normalized spacial score (nSPS) is 18.6. The van der Waals surface area contributed by atoms with Crippen LogP contribution in [0, 0.1) is 0 Å². The van der Waals surface area contributed by atoms with E-state index in [1.807, 2.05) is 11.9 Å². The van der Waals surface area contributed by atoms with E-state index in [9.17, 15) is 4.79 Å². The highest BCUT2D eigenvalue weighted by molar-refractivity contribution is 14.1. The van der Waals surface area contributed by atoms with Crippen LogP contribution in [0.2, 0.25) is 0 Å². The van der Waals surface area contributed by atoms with E-state index in [2.05, 4.69) is 22.6 Å². The van der Waals surface area contributed by atoms with Crippen LogP contribution < -0.4 is 0 Å². The number of nitrogens with zero attached hydrogens (tertiary/aromatic N) is 1. The van der Waals surface area contributed by atoms with Crippen molar-refractivity contribution in [3.8, 4) is 0 Å². The molecule has 1 amide bonds. The molecular formula is C10H18INO. The molecule has 0 heterocycles. The molecule has 0 radical (unpaired) electrons. The van der Waals surface area contributed by atoms with E-state index < -0.39 is 0 Å². The van der Waals surface area contributed by atoms with Crippen molar-refractivity contribution in [2.45, 2.75) is 44.6 Å². The molecular weight excluding hydrogens is 277 g/mol. The van der Waals surface area contributed by atoms with Crippen molar-refractivity contribution in [1.82, 2.24) is 4.90 Å². The number of rotatable bonds is 3. The standard InChI is InChI=1S/C10H18INO/c1-12(10(13)7-8-11)9-5-3-2-4-6-9/h9H,2-8H2,1H3. The molecule has 1 rings (SSSR count). The van der Waals surface area contributed by atoms with Crippen molar-refractivity contribution in [3.05, 3.63) is 0 Å². The average Bonchev–Trinajstić information content (AvgIpc) is 2.18. The molecule has 13 heavy (non-hydrogen) atoms. The first-order valence-corrected chi connectivity index (χ1v) is 6.60. The third-order valence-corrected chi connectivity index (χ3v) is 3.36. The summed E-state index contributed by atoms with van der Waals surface area (Å²) in [5.74, 6) is 0.321. The van der Waals surface area contributed by atoms with Crippen molar-refractivity contribution in [2.24, 2.45) is 0 Å². The predicted molar refractivity (Wildman–Crippen MR) is 63.1 cm³/mol. The Morgan fingerprint density at radius 1 is 1.38 bits per heavy atom. The van der Waals surface area contributed by atoms with Crippen molar-refractivity contribution < 1.29 is 4.79 Å². The molecule has 0 spiro atoms. The van der Waals surface area contributed by atoms with Gasteiger partial charge in [-0.15, -0.1) is 0 Å². The summed E-state index contributed by atoms with van der Waals surface area (Å²) in [6.45, 7) is 0. The molecule has 1 aliphatic carbocycles. The van der Waals surface area contributed by atoms with Crippen LogP contribution >= 0.6 is 22.6 Å². The second kappa shape index (κ2) is 5.83. The zero-order chi connectivity index (χ0) is 9.68. The van der Waals surface area contributed by atoms with E-state index in [-0.39, 0.29) is 0 Å². The van der Waals surface area contributed by atoms with Crippen LogP contribution in [0.5, 0.6) is 0 Å². The van der Waals surface area contributed by atoms with Gasteiger partial charge in [-0.1, -0.05) is 41.9 Å². The maximum Gasteiger partial charge on any atom is 0.223 e. The molecule has 0 aromatic rings. The average molecular weight is 295 g/mol. The van der Waals surface area contributed by atoms with Gasteiger partial charge in [-0.2, -0.15) is 0 Å². The first-order chi connectivity index (χ1) is 6.25. The fraction of sp³-hybridized carbons (Fsp3) is 0.900. The molecule has 0 aromatic carbocycles.